The molecule has 3 aliphatic rings. The predicted octanol–water partition coefficient (Wildman–Crippen LogP) is 3.48. The highest BCUT2D eigenvalue weighted by molar-refractivity contribution is 8.16. The van der Waals surface area contributed by atoms with E-state index in [-0.39, 0.29) is 18.9 Å². The number of likely N-dealkylation sites (tertiary alicyclic amines) is 1. The maximum absolute atomic E-state index is 13.3. The first-order valence-corrected chi connectivity index (χ1v) is 12.5. The number of amidine groups is 1. The number of esters is 1. The molecule has 0 N–H and O–H groups in total. The van der Waals surface area contributed by atoms with E-state index in [9.17, 15) is 9.59 Å². The number of fused-ring (bicyclic) bond motifs is 1. The van der Waals surface area contributed by atoms with Gasteiger partial charge in [0.1, 0.15) is 6.61 Å². The molecule has 0 aliphatic carbocycles. The van der Waals surface area contributed by atoms with Gasteiger partial charge in [-0.1, -0.05) is 17.8 Å². The fraction of sp³-hybridized carbons (Fsp3) is 0.480. The second-order valence-electron chi connectivity index (χ2n) is 8.40. The molecule has 4 rings (SSSR count). The van der Waals surface area contributed by atoms with Crippen LogP contribution in [0.15, 0.2) is 45.6 Å². The van der Waals surface area contributed by atoms with Gasteiger partial charge in [0.2, 0.25) is 5.91 Å². The number of allylic oxidation sites excluding steroid dienone is 1. The van der Waals surface area contributed by atoms with E-state index in [0.717, 1.165) is 42.4 Å². The molecule has 1 aromatic rings. The summed E-state index contributed by atoms with van der Waals surface area (Å²) < 4.78 is 21.5. The standard InChI is InChI=1S/C25H31N3O6S/c1-16-22(24(30)34-12-11-31-2)23(17-7-8-19(32-3)20(13-17)33-4)28-18(15-35-25(28)26-16)14-21(29)27-9-5-6-10-27/h7-8,13,15,23H,5-6,9-12,14H2,1-4H3/t23-/m1/s1. The maximum Gasteiger partial charge on any atom is 0.338 e. The summed E-state index contributed by atoms with van der Waals surface area (Å²) in [5, 5.41) is 2.67. The lowest BCUT2D eigenvalue weighted by Gasteiger charge is -2.36. The van der Waals surface area contributed by atoms with Crippen molar-refractivity contribution in [3.63, 3.8) is 0 Å². The van der Waals surface area contributed by atoms with E-state index in [0.29, 0.717) is 29.4 Å². The van der Waals surface area contributed by atoms with Gasteiger partial charge in [-0.3, -0.25) is 4.79 Å². The number of methoxy groups -OCH3 is 3. The number of amides is 1. The van der Waals surface area contributed by atoms with Crippen LogP contribution in [0.3, 0.4) is 0 Å². The lowest BCUT2D eigenvalue weighted by Crippen LogP contribution is -2.38. The van der Waals surface area contributed by atoms with Crippen LogP contribution < -0.4 is 9.47 Å². The third kappa shape index (κ3) is 5.18. The smallest absolute Gasteiger partial charge is 0.338 e. The number of hydrogen-bond donors (Lipinski definition) is 0. The Labute approximate surface area is 209 Å². The summed E-state index contributed by atoms with van der Waals surface area (Å²) in [5.41, 5.74) is 2.60. The summed E-state index contributed by atoms with van der Waals surface area (Å²) in [6, 6.07) is 5.02. The van der Waals surface area contributed by atoms with Crippen LogP contribution >= 0.6 is 11.8 Å². The molecule has 0 saturated carbocycles. The number of aliphatic imine (C=N–C) groups is 1. The Morgan fingerprint density at radius 3 is 2.51 bits per heavy atom. The van der Waals surface area contributed by atoms with E-state index in [2.05, 4.69) is 0 Å². The minimum absolute atomic E-state index is 0.0807. The third-order valence-corrected chi connectivity index (χ3v) is 7.14. The van der Waals surface area contributed by atoms with Crippen LogP contribution in [0.1, 0.15) is 37.8 Å². The van der Waals surface area contributed by atoms with Gasteiger partial charge in [-0.25, -0.2) is 9.79 Å². The Balaban J connectivity index is 1.72. The van der Waals surface area contributed by atoms with Crippen LogP contribution in [0.4, 0.5) is 0 Å². The van der Waals surface area contributed by atoms with Gasteiger partial charge in [0, 0.05) is 25.9 Å². The van der Waals surface area contributed by atoms with Gasteiger partial charge in [0.15, 0.2) is 16.7 Å². The van der Waals surface area contributed by atoms with E-state index < -0.39 is 12.0 Å². The molecule has 0 unspecified atom stereocenters. The van der Waals surface area contributed by atoms with Crippen molar-refractivity contribution in [2.24, 2.45) is 4.99 Å². The molecule has 1 fully saturated rings. The molecule has 1 atom stereocenters. The minimum Gasteiger partial charge on any atom is -0.493 e. The quantitative estimate of drug-likeness (QED) is 0.375. The van der Waals surface area contributed by atoms with E-state index in [1.807, 2.05) is 33.4 Å². The zero-order valence-corrected chi connectivity index (χ0v) is 21.4. The van der Waals surface area contributed by atoms with E-state index in [4.69, 9.17) is 23.9 Å². The zero-order chi connectivity index (χ0) is 24.9. The molecule has 1 aromatic carbocycles. The van der Waals surface area contributed by atoms with Gasteiger partial charge in [0.05, 0.1) is 44.6 Å². The van der Waals surface area contributed by atoms with Gasteiger partial charge in [0.25, 0.3) is 0 Å². The molecule has 0 aromatic heterocycles. The van der Waals surface area contributed by atoms with Crippen molar-refractivity contribution in [3.05, 3.63) is 46.1 Å². The van der Waals surface area contributed by atoms with Gasteiger partial charge < -0.3 is 28.7 Å². The Morgan fingerprint density at radius 1 is 1.09 bits per heavy atom. The number of ether oxygens (including phenoxy) is 4. The Morgan fingerprint density at radius 2 is 1.83 bits per heavy atom. The molecule has 3 heterocycles. The van der Waals surface area contributed by atoms with Gasteiger partial charge in [-0.2, -0.15) is 0 Å². The molecule has 35 heavy (non-hydrogen) atoms. The van der Waals surface area contributed by atoms with Crippen LogP contribution in [-0.2, 0) is 19.1 Å². The highest BCUT2D eigenvalue weighted by atomic mass is 32.2. The number of carbonyl (C=O) groups is 2. The fourth-order valence-electron chi connectivity index (χ4n) is 4.50. The number of carbonyl (C=O) groups excluding carboxylic acids is 2. The number of benzene rings is 1. The Hall–Kier alpha value is -2.98. The zero-order valence-electron chi connectivity index (χ0n) is 20.5. The normalized spacial score (nSPS) is 19.4. The van der Waals surface area contributed by atoms with E-state index >= 15 is 0 Å². The molecule has 0 spiro atoms. The molecule has 9 nitrogen and oxygen atoms in total. The van der Waals surface area contributed by atoms with Gasteiger partial charge in [-0.15, -0.1) is 0 Å². The molecule has 0 bridgehead atoms. The first kappa shape index (κ1) is 25.1. The second-order valence-corrected chi connectivity index (χ2v) is 9.24. The van der Waals surface area contributed by atoms with Crippen molar-refractivity contribution in [1.82, 2.24) is 9.80 Å². The molecule has 1 amide bonds. The molecule has 10 heteroatoms. The summed E-state index contributed by atoms with van der Waals surface area (Å²) in [4.78, 5) is 34.9. The van der Waals surface area contributed by atoms with E-state index in [1.165, 1.54) is 11.8 Å². The molecule has 1 saturated heterocycles. The number of rotatable bonds is 9. The van der Waals surface area contributed by atoms with E-state index in [1.54, 1.807) is 28.3 Å². The van der Waals surface area contributed by atoms with Crippen molar-refractivity contribution < 1.29 is 28.5 Å². The first-order chi connectivity index (χ1) is 17.0. The topological polar surface area (TPSA) is 89.9 Å². The van der Waals surface area contributed by atoms with Crippen LogP contribution in [0, 0.1) is 0 Å². The SMILES string of the molecule is COCCOC(=O)C1=C(C)N=C2SC=C(CC(=O)N3CCCC3)N2[C@@H]1c1ccc(OC)c(OC)c1. The molecular formula is C25H31N3O6S. The number of nitrogens with zero attached hydrogens (tertiary/aromatic N) is 3. The van der Waals surface area contributed by atoms with Crippen LogP contribution in [-0.4, -0.2) is 74.5 Å². The number of hydrogen-bond acceptors (Lipinski definition) is 9. The summed E-state index contributed by atoms with van der Waals surface area (Å²) in [6.45, 7) is 3.80. The first-order valence-electron chi connectivity index (χ1n) is 11.6. The highest BCUT2D eigenvalue weighted by Gasteiger charge is 2.41. The average molecular weight is 502 g/mol. The van der Waals surface area contributed by atoms with Crippen LogP contribution in [0.2, 0.25) is 0 Å². The molecule has 188 valence electrons. The van der Waals surface area contributed by atoms with Crippen LogP contribution in [0.5, 0.6) is 11.5 Å². The van der Waals surface area contributed by atoms with Crippen molar-refractivity contribution in [2.45, 2.75) is 32.2 Å². The Kier molecular flexibility index (Phi) is 8.02. The summed E-state index contributed by atoms with van der Waals surface area (Å²) in [6.07, 6.45) is 2.30. The minimum atomic E-state index is -0.537. The number of thioether (sulfide) groups is 1. The fourth-order valence-corrected chi connectivity index (χ4v) is 5.46. The van der Waals surface area contributed by atoms with Crippen LogP contribution in [0.25, 0.3) is 0 Å². The lowest BCUT2D eigenvalue weighted by atomic mass is 9.93. The third-order valence-electron chi connectivity index (χ3n) is 6.26. The summed E-state index contributed by atoms with van der Waals surface area (Å²) in [5.74, 6) is 0.743. The Bertz CT molecular complexity index is 1080. The second kappa shape index (κ2) is 11.2. The van der Waals surface area contributed by atoms with Gasteiger partial charge >= 0.3 is 5.97 Å². The lowest BCUT2D eigenvalue weighted by molar-refractivity contribution is -0.141. The van der Waals surface area contributed by atoms with Crippen molar-refractivity contribution in [2.75, 3.05) is 47.6 Å². The predicted molar refractivity (Wildman–Crippen MR) is 133 cm³/mol. The van der Waals surface area contributed by atoms with Crippen molar-refractivity contribution >= 4 is 28.8 Å². The molecule has 0 radical (unpaired) electrons. The summed E-state index contributed by atoms with van der Waals surface area (Å²) in [7, 11) is 4.70. The maximum atomic E-state index is 13.3. The monoisotopic (exact) mass is 501 g/mol. The highest BCUT2D eigenvalue weighted by Crippen LogP contribution is 2.46. The average Bonchev–Trinajstić information content (AvgIpc) is 3.53. The molecular weight excluding hydrogens is 470 g/mol. The van der Waals surface area contributed by atoms with Crippen molar-refractivity contribution in [1.29, 1.82) is 0 Å². The molecule has 3 aliphatic heterocycles. The van der Waals surface area contributed by atoms with Crippen molar-refractivity contribution in [3.8, 4) is 11.5 Å². The van der Waals surface area contributed by atoms with Gasteiger partial charge in [-0.05, 0) is 42.9 Å². The largest absolute Gasteiger partial charge is 0.493 e. The summed E-state index contributed by atoms with van der Waals surface area (Å²) >= 11 is 1.45.